The van der Waals surface area contributed by atoms with Crippen LogP contribution in [0, 0.1) is 28.9 Å². The predicted octanol–water partition coefficient (Wildman–Crippen LogP) is 8.84. The number of aromatic nitrogens is 3. The third kappa shape index (κ3) is 7.49. The number of alkyl halides is 3. The van der Waals surface area contributed by atoms with E-state index in [4.69, 9.17) is 25.7 Å². The summed E-state index contributed by atoms with van der Waals surface area (Å²) in [5.41, 5.74) is 7.79. The lowest BCUT2D eigenvalue weighted by Gasteiger charge is -2.31. The zero-order valence-electron chi connectivity index (χ0n) is 32.3. The maximum atomic E-state index is 17.3. The summed E-state index contributed by atoms with van der Waals surface area (Å²) in [5, 5.41) is 9.01. The Morgan fingerprint density at radius 2 is 1.87 bits per heavy atom. The number of hydrogen-bond acceptors (Lipinski definition) is 12. The van der Waals surface area contributed by atoms with Gasteiger partial charge in [0.2, 0.25) is 0 Å². The summed E-state index contributed by atoms with van der Waals surface area (Å²) in [7, 11) is 0. The van der Waals surface area contributed by atoms with Crippen molar-refractivity contribution in [2.24, 2.45) is 5.92 Å². The quantitative estimate of drug-likeness (QED) is 0.158. The number of rotatable bonds is 6. The summed E-state index contributed by atoms with van der Waals surface area (Å²) >= 11 is 0.644. The molecular weight excluding hydrogens is 818 g/mol. The second-order valence-electron chi connectivity index (χ2n) is 15.4. The molecule has 4 aliphatic rings. The second kappa shape index (κ2) is 16.2. The molecule has 60 heavy (non-hydrogen) atoms. The Kier molecular flexibility index (Phi) is 11.1. The molecule has 316 valence electrons. The van der Waals surface area contributed by atoms with E-state index < -0.39 is 68.8 Å². The molecule has 3 fully saturated rings. The number of thiophene rings is 1. The Morgan fingerprint density at radius 1 is 1.08 bits per heavy atom. The maximum Gasteiger partial charge on any atom is 0.420 e. The Hall–Kier alpha value is -5.45. The highest BCUT2D eigenvalue weighted by Crippen LogP contribution is 2.53. The highest BCUT2D eigenvalue weighted by atomic mass is 32.1. The lowest BCUT2D eigenvalue weighted by Crippen LogP contribution is -2.43. The number of nitrogens with two attached hydrogens (primary N) is 2. The average molecular weight is 857 g/mol. The molecule has 0 aliphatic carbocycles. The molecule has 0 saturated carbocycles. The number of nitrogens with zero attached hydrogens (tertiary/aromatic N) is 6. The topological polar surface area (TPSA) is 149 Å². The summed E-state index contributed by atoms with van der Waals surface area (Å²) in [6.45, 7) is 4.28. The van der Waals surface area contributed by atoms with Gasteiger partial charge in [-0.3, -0.25) is 4.90 Å². The molecule has 4 N–H and O–H groups in total. The van der Waals surface area contributed by atoms with Crippen LogP contribution in [-0.4, -0.2) is 71.5 Å². The predicted molar refractivity (Wildman–Crippen MR) is 212 cm³/mol. The zero-order valence-corrected chi connectivity index (χ0v) is 33.1. The van der Waals surface area contributed by atoms with Gasteiger partial charge in [-0.05, 0) is 62.3 Å². The van der Waals surface area contributed by atoms with Crippen LogP contribution in [0.25, 0.3) is 32.1 Å². The Morgan fingerprint density at radius 3 is 2.55 bits per heavy atom. The number of halogens is 7. The molecule has 0 radical (unpaired) electrons. The van der Waals surface area contributed by atoms with E-state index in [2.05, 4.69) is 21.9 Å². The van der Waals surface area contributed by atoms with Crippen molar-refractivity contribution in [3.63, 3.8) is 0 Å². The van der Waals surface area contributed by atoms with E-state index in [0.717, 1.165) is 37.7 Å². The molecule has 9 rings (SSSR count). The van der Waals surface area contributed by atoms with Crippen LogP contribution < -0.4 is 25.8 Å². The molecule has 3 saturated heterocycles. The fourth-order valence-electron chi connectivity index (χ4n) is 8.52. The molecule has 0 amide bonds. The van der Waals surface area contributed by atoms with Gasteiger partial charge in [0.05, 0.1) is 27.7 Å². The van der Waals surface area contributed by atoms with Crippen molar-refractivity contribution in [3.05, 3.63) is 70.4 Å². The molecule has 7 heterocycles. The number of nitriles is 1. The standard InChI is InChI=1S/C35H27F7N8O2S.C6H12O/c36-20-5-4-18(21-19(12-43)31(45)53-28(20)21)22-24(35(40,41)42)27-23-26(25(22)37)47-33(52-15-34-6-2-8-50(34)14-17(11-34)29(38)39)48-32(23)49(9-10-51-27)13-16-3-1-7-46-30(16)44;1-6-2-4-7-5-3-6/h1,3-5,7H,2,6,8-11,13-15,45H2,(H2,44,46);6H,2-5H2,1H3. The van der Waals surface area contributed by atoms with Crippen molar-refractivity contribution in [2.45, 2.75) is 57.3 Å². The van der Waals surface area contributed by atoms with Gasteiger partial charge in [0.25, 0.3) is 6.08 Å². The van der Waals surface area contributed by atoms with Crippen LogP contribution in [0.4, 0.5) is 47.4 Å². The largest absolute Gasteiger partial charge is 0.490 e. The van der Waals surface area contributed by atoms with Crippen LogP contribution in [0.2, 0.25) is 0 Å². The van der Waals surface area contributed by atoms with E-state index >= 15 is 22.0 Å². The fourth-order valence-corrected chi connectivity index (χ4v) is 9.47. The molecule has 4 aliphatic heterocycles. The van der Waals surface area contributed by atoms with E-state index in [9.17, 15) is 14.0 Å². The lowest BCUT2D eigenvalue weighted by atomic mass is 9.91. The average Bonchev–Trinajstić information content (AvgIpc) is 3.85. The molecule has 1 atom stereocenters. The van der Waals surface area contributed by atoms with Gasteiger partial charge in [-0.15, -0.1) is 11.3 Å². The van der Waals surface area contributed by atoms with Crippen LogP contribution >= 0.6 is 11.3 Å². The van der Waals surface area contributed by atoms with E-state index in [1.165, 1.54) is 19.0 Å². The van der Waals surface area contributed by atoms with Gasteiger partial charge >= 0.3 is 12.2 Å². The number of fused-ring (bicyclic) bond motifs is 2. The van der Waals surface area contributed by atoms with Gasteiger partial charge < -0.3 is 30.6 Å². The third-order valence-electron chi connectivity index (χ3n) is 11.6. The molecule has 19 heteroatoms. The SMILES string of the molecule is CC1CCOCC1.N#Cc1c(N)sc2c(F)ccc(-c3c(C(F)(F)F)c4c5c(nc(OCC67CCCN6CC(=C(F)F)C7)nc5c3F)N(Cc3cccnc3N)CCO4)c12. The van der Waals surface area contributed by atoms with Crippen LogP contribution in [0.15, 0.2) is 42.1 Å². The Labute approximate surface area is 343 Å². The van der Waals surface area contributed by atoms with Crippen molar-refractivity contribution in [3.8, 4) is 29.0 Å². The number of hydrogen-bond donors (Lipinski definition) is 2. The summed E-state index contributed by atoms with van der Waals surface area (Å²) in [6, 6.07) is 6.49. The maximum absolute atomic E-state index is 17.3. The molecule has 1 unspecified atom stereocenters. The van der Waals surface area contributed by atoms with Crippen LogP contribution in [0.5, 0.6) is 11.8 Å². The third-order valence-corrected chi connectivity index (χ3v) is 12.6. The van der Waals surface area contributed by atoms with Gasteiger partial charge in [0, 0.05) is 54.6 Å². The molecule has 2 aromatic carbocycles. The van der Waals surface area contributed by atoms with Crippen LogP contribution in [0.3, 0.4) is 0 Å². The zero-order chi connectivity index (χ0) is 42.5. The van der Waals surface area contributed by atoms with Crippen molar-refractivity contribution in [1.82, 2.24) is 19.9 Å². The monoisotopic (exact) mass is 856 g/mol. The molecule has 3 aromatic heterocycles. The van der Waals surface area contributed by atoms with Gasteiger partial charge in [0.1, 0.15) is 58.6 Å². The number of anilines is 3. The Bertz CT molecular complexity index is 2550. The summed E-state index contributed by atoms with van der Waals surface area (Å²) in [6.07, 6.45) is -1.76. The minimum atomic E-state index is -5.26. The van der Waals surface area contributed by atoms with E-state index in [1.54, 1.807) is 23.1 Å². The molecule has 5 aromatic rings. The van der Waals surface area contributed by atoms with Gasteiger partial charge in [-0.1, -0.05) is 19.1 Å². The minimum Gasteiger partial charge on any atom is -0.490 e. The molecular formula is C41H39F7N8O3S. The number of pyridine rings is 1. The first-order chi connectivity index (χ1) is 28.7. The van der Waals surface area contributed by atoms with Gasteiger partial charge in [0.15, 0.2) is 5.82 Å². The van der Waals surface area contributed by atoms with Crippen LogP contribution in [0.1, 0.15) is 55.7 Å². The molecule has 0 bridgehead atoms. The highest BCUT2D eigenvalue weighted by Gasteiger charge is 2.49. The smallest absolute Gasteiger partial charge is 0.420 e. The van der Waals surface area contributed by atoms with Crippen molar-refractivity contribution < 1.29 is 44.9 Å². The van der Waals surface area contributed by atoms with Crippen molar-refractivity contribution in [1.29, 1.82) is 5.26 Å². The number of ether oxygens (including phenoxy) is 3. The van der Waals surface area contributed by atoms with Crippen LogP contribution in [-0.2, 0) is 17.5 Å². The molecule has 0 spiro atoms. The summed E-state index contributed by atoms with van der Waals surface area (Å²) < 4.78 is 123. The first kappa shape index (κ1) is 41.3. The van der Waals surface area contributed by atoms with Gasteiger partial charge in [-0.25, -0.2) is 13.8 Å². The van der Waals surface area contributed by atoms with E-state index in [-0.39, 0.29) is 77.1 Å². The first-order valence-corrected chi connectivity index (χ1v) is 20.1. The lowest BCUT2D eigenvalue weighted by molar-refractivity contribution is -0.138. The normalized spacial score (nSPS) is 19.4. The fraction of sp³-hybridized carbons (Fsp3) is 0.415. The number of nitrogen functional groups attached to an aromatic ring is 2. The van der Waals surface area contributed by atoms with Crippen molar-refractivity contribution in [2.75, 3.05) is 62.4 Å². The summed E-state index contributed by atoms with van der Waals surface area (Å²) in [4.78, 5) is 16.3. The Balaban J connectivity index is 0.000000648. The van der Waals surface area contributed by atoms with E-state index in [0.29, 0.717) is 29.9 Å². The van der Waals surface area contributed by atoms with E-state index in [1.807, 2.05) is 4.90 Å². The van der Waals surface area contributed by atoms with Crippen molar-refractivity contribution >= 4 is 49.0 Å². The minimum absolute atomic E-state index is 0.0203. The highest BCUT2D eigenvalue weighted by molar-refractivity contribution is 7.23. The second-order valence-corrected chi connectivity index (χ2v) is 16.4. The summed E-state index contributed by atoms with van der Waals surface area (Å²) in [5.74, 6) is -2.23. The molecule has 11 nitrogen and oxygen atoms in total. The first-order valence-electron chi connectivity index (χ1n) is 19.3. The number of benzene rings is 2. The van der Waals surface area contributed by atoms with Gasteiger partial charge in [-0.2, -0.15) is 37.2 Å².